The van der Waals surface area contributed by atoms with Gasteiger partial charge in [0.05, 0.1) is 24.2 Å². The van der Waals surface area contributed by atoms with E-state index < -0.39 is 17.1 Å². The van der Waals surface area contributed by atoms with Crippen LogP contribution in [0.3, 0.4) is 0 Å². The highest BCUT2D eigenvalue weighted by Gasteiger charge is 2.29. The van der Waals surface area contributed by atoms with Gasteiger partial charge in [-0.05, 0) is 72.8 Å². The third-order valence-electron chi connectivity index (χ3n) is 4.84. The number of nitrogens with one attached hydrogen (secondary N) is 1. The third kappa shape index (κ3) is 5.01. The molecule has 0 aliphatic heterocycles. The van der Waals surface area contributed by atoms with Gasteiger partial charge in [0.15, 0.2) is 5.76 Å². The van der Waals surface area contributed by atoms with Crippen molar-refractivity contribution < 1.29 is 27.5 Å². The van der Waals surface area contributed by atoms with Gasteiger partial charge in [-0.25, -0.2) is 14.3 Å². The normalized spacial score (nSPS) is 11.5. The number of pyridine rings is 1. The minimum absolute atomic E-state index is 0.0409. The molecule has 0 radical (unpaired) electrons. The Morgan fingerprint density at radius 2 is 1.94 bits per heavy atom. The lowest BCUT2D eigenvalue weighted by atomic mass is 10.2. The molecule has 4 rings (SSSR count). The molecule has 4 aromatic rings. The van der Waals surface area contributed by atoms with Gasteiger partial charge in [-0.3, -0.25) is 9.36 Å². The Labute approximate surface area is 194 Å². The smallest absolute Gasteiger partial charge is 0.446 e. The van der Waals surface area contributed by atoms with E-state index in [1.807, 2.05) is 0 Å². The average Bonchev–Trinajstić information content (AvgIpc) is 3.38. The molecule has 1 aromatic carbocycles. The molecule has 2 N–H and O–H groups in total. The first-order valence-corrected chi connectivity index (χ1v) is 10.6. The highest BCUT2D eigenvalue weighted by molar-refractivity contribution is 8.00. The van der Waals surface area contributed by atoms with Crippen molar-refractivity contribution >= 4 is 23.5 Å². The molecule has 0 saturated heterocycles. The number of aromatic nitrogens is 3. The maximum atomic E-state index is 13.0. The molecule has 3 heterocycles. The van der Waals surface area contributed by atoms with Gasteiger partial charge >= 0.3 is 11.2 Å². The number of alkyl halides is 3. The number of amides is 1. The Hall–Kier alpha value is -3.93. The number of rotatable bonds is 6. The minimum atomic E-state index is -4.43. The fourth-order valence-electron chi connectivity index (χ4n) is 3.26. The maximum Gasteiger partial charge on any atom is 0.446 e. The molecule has 0 saturated carbocycles. The molecule has 0 bridgehead atoms. The number of hydrogen-bond donors (Lipinski definition) is 2. The molecule has 176 valence electrons. The number of carbonyl (C=O) groups is 1. The first kappa shape index (κ1) is 23.2. The Morgan fingerprint density at radius 3 is 2.59 bits per heavy atom. The van der Waals surface area contributed by atoms with E-state index in [1.54, 1.807) is 25.1 Å². The van der Waals surface area contributed by atoms with E-state index >= 15 is 0 Å². The van der Waals surface area contributed by atoms with Crippen LogP contribution in [0.2, 0.25) is 0 Å². The number of nitrogens with zero attached hydrogens (tertiary/aromatic N) is 3. The Morgan fingerprint density at radius 1 is 1.21 bits per heavy atom. The van der Waals surface area contributed by atoms with Crippen molar-refractivity contribution in [2.45, 2.75) is 23.9 Å². The molecule has 8 nitrogen and oxygen atoms in total. The van der Waals surface area contributed by atoms with Crippen LogP contribution in [-0.2, 0) is 6.54 Å². The molecular weight excluding hydrogens is 473 g/mol. The predicted octanol–water partition coefficient (Wildman–Crippen LogP) is 4.55. The molecule has 0 aliphatic rings. The zero-order valence-electron chi connectivity index (χ0n) is 17.5. The lowest BCUT2D eigenvalue weighted by molar-refractivity contribution is -0.0328. The topological polar surface area (TPSA) is 102 Å². The molecule has 1 amide bonds. The Balaban J connectivity index is 1.58. The zero-order valence-corrected chi connectivity index (χ0v) is 18.4. The van der Waals surface area contributed by atoms with Crippen LogP contribution in [-0.4, -0.2) is 30.6 Å². The first-order chi connectivity index (χ1) is 16.1. The van der Waals surface area contributed by atoms with Gasteiger partial charge in [0.1, 0.15) is 5.82 Å². The van der Waals surface area contributed by atoms with E-state index in [2.05, 4.69) is 10.3 Å². The van der Waals surface area contributed by atoms with Crippen LogP contribution >= 0.6 is 11.8 Å². The largest absolute Gasteiger partial charge is 0.493 e. The Kier molecular flexibility index (Phi) is 6.24. The van der Waals surface area contributed by atoms with E-state index in [4.69, 9.17) is 4.42 Å². The molecule has 0 spiro atoms. The van der Waals surface area contributed by atoms with Crippen molar-refractivity contribution in [1.82, 2.24) is 14.1 Å². The molecule has 3 aromatic heterocycles. The molecule has 0 aliphatic carbocycles. The number of anilines is 1. The van der Waals surface area contributed by atoms with Crippen LogP contribution < -0.4 is 11.0 Å². The van der Waals surface area contributed by atoms with Gasteiger partial charge in [-0.2, -0.15) is 13.2 Å². The summed E-state index contributed by atoms with van der Waals surface area (Å²) in [6.45, 7) is 1.60. The average molecular weight is 490 g/mol. The fourth-order valence-corrected chi connectivity index (χ4v) is 3.80. The lowest BCUT2D eigenvalue weighted by Crippen LogP contribution is -2.24. The molecule has 0 atom stereocenters. The molecule has 12 heteroatoms. The highest BCUT2D eigenvalue weighted by atomic mass is 32.2. The van der Waals surface area contributed by atoms with Crippen molar-refractivity contribution in [3.63, 3.8) is 0 Å². The molecule has 34 heavy (non-hydrogen) atoms. The summed E-state index contributed by atoms with van der Waals surface area (Å²) in [5.41, 5.74) is -3.91. The third-order valence-corrected chi connectivity index (χ3v) is 5.58. The maximum absolute atomic E-state index is 13.0. The van der Waals surface area contributed by atoms with Gasteiger partial charge in [0.25, 0.3) is 5.91 Å². The standard InChI is InChI=1S/C22H17F3N4O4S/c1-13-20(31)29(15-4-6-16(7-5-15)34-22(23,24)25)21(32)28(13)12-14-8-9-26-18(11-14)27-19(30)17-3-2-10-33-17/h2-11,31H,12H2,1H3,(H,26,27,30). The van der Waals surface area contributed by atoms with E-state index in [1.165, 1.54) is 47.4 Å². The van der Waals surface area contributed by atoms with Crippen molar-refractivity contribution in [1.29, 1.82) is 0 Å². The van der Waals surface area contributed by atoms with Crippen LogP contribution in [0.15, 0.2) is 75.1 Å². The summed E-state index contributed by atoms with van der Waals surface area (Å²) in [5.74, 6) is -0.465. The number of thioether (sulfide) groups is 1. The summed E-state index contributed by atoms with van der Waals surface area (Å²) in [6, 6.07) is 11.4. The number of halogens is 3. The van der Waals surface area contributed by atoms with E-state index in [9.17, 15) is 27.9 Å². The second-order valence-electron chi connectivity index (χ2n) is 7.14. The predicted molar refractivity (Wildman–Crippen MR) is 118 cm³/mol. The summed E-state index contributed by atoms with van der Waals surface area (Å²) in [6.07, 6.45) is 2.83. The second kappa shape index (κ2) is 9.14. The minimum Gasteiger partial charge on any atom is -0.493 e. The van der Waals surface area contributed by atoms with E-state index in [0.717, 1.165) is 4.57 Å². The molecular formula is C22H17F3N4O4S. The van der Waals surface area contributed by atoms with Crippen molar-refractivity contribution in [2.24, 2.45) is 0 Å². The van der Waals surface area contributed by atoms with Crippen molar-refractivity contribution in [2.75, 3.05) is 5.32 Å². The van der Waals surface area contributed by atoms with Gasteiger partial charge < -0.3 is 14.8 Å². The summed E-state index contributed by atoms with van der Waals surface area (Å²) in [5, 5.41) is 13.1. The van der Waals surface area contributed by atoms with E-state index in [0.29, 0.717) is 5.56 Å². The molecule has 0 fully saturated rings. The Bertz CT molecular complexity index is 1380. The number of furan rings is 1. The number of imidazole rings is 1. The lowest BCUT2D eigenvalue weighted by Gasteiger charge is -2.08. The van der Waals surface area contributed by atoms with Crippen LogP contribution in [0.4, 0.5) is 19.0 Å². The first-order valence-electron chi connectivity index (χ1n) is 9.79. The molecule has 0 unspecified atom stereocenters. The summed E-state index contributed by atoms with van der Waals surface area (Å²) in [4.78, 5) is 29.2. The SMILES string of the molecule is Cc1c(O)n(-c2ccc(SC(F)(F)F)cc2)c(=O)n1Cc1ccnc(NC(=O)c2ccco2)c1. The van der Waals surface area contributed by atoms with Crippen molar-refractivity contribution in [3.05, 3.63) is 88.5 Å². The fraction of sp³-hybridized carbons (Fsp3) is 0.136. The highest BCUT2D eigenvalue weighted by Crippen LogP contribution is 2.37. The number of carbonyl (C=O) groups excluding carboxylic acids is 1. The van der Waals surface area contributed by atoms with Crippen molar-refractivity contribution in [3.8, 4) is 11.6 Å². The van der Waals surface area contributed by atoms with Crippen LogP contribution in [0.5, 0.6) is 5.88 Å². The van der Waals surface area contributed by atoms with Crippen LogP contribution in [0.25, 0.3) is 5.69 Å². The van der Waals surface area contributed by atoms with Gasteiger partial charge in [-0.15, -0.1) is 0 Å². The number of benzene rings is 1. The van der Waals surface area contributed by atoms with Gasteiger partial charge in [0.2, 0.25) is 5.88 Å². The van der Waals surface area contributed by atoms with Crippen LogP contribution in [0, 0.1) is 6.92 Å². The number of hydrogen-bond acceptors (Lipinski definition) is 6. The summed E-state index contributed by atoms with van der Waals surface area (Å²) < 4.78 is 45.0. The quantitative estimate of drug-likeness (QED) is 0.385. The van der Waals surface area contributed by atoms with E-state index in [-0.39, 0.29) is 52.0 Å². The van der Waals surface area contributed by atoms with Gasteiger partial charge in [-0.1, -0.05) is 0 Å². The zero-order chi connectivity index (χ0) is 24.5. The van der Waals surface area contributed by atoms with Crippen LogP contribution in [0.1, 0.15) is 21.8 Å². The second-order valence-corrected chi connectivity index (χ2v) is 8.27. The van der Waals surface area contributed by atoms with Gasteiger partial charge in [0, 0.05) is 11.1 Å². The summed E-state index contributed by atoms with van der Waals surface area (Å²) in [7, 11) is 0. The summed E-state index contributed by atoms with van der Waals surface area (Å²) >= 11 is -0.269. The monoisotopic (exact) mass is 490 g/mol. The number of aromatic hydroxyl groups is 1.